The van der Waals surface area contributed by atoms with Gasteiger partial charge in [-0.2, -0.15) is 0 Å². The van der Waals surface area contributed by atoms with E-state index in [4.69, 9.17) is 11.6 Å². The zero-order chi connectivity index (χ0) is 13.9. The molecule has 2 aromatic heterocycles. The monoisotopic (exact) mass is 284 g/mol. The summed E-state index contributed by atoms with van der Waals surface area (Å²) < 4.78 is 0. The maximum Gasteiger partial charge on any atom is 0.0777 e. The molecule has 1 aromatic carbocycles. The average molecular weight is 285 g/mol. The van der Waals surface area contributed by atoms with Gasteiger partial charge in [0.2, 0.25) is 0 Å². The molecule has 0 aliphatic heterocycles. The van der Waals surface area contributed by atoms with Gasteiger partial charge in [0.1, 0.15) is 0 Å². The minimum Gasteiger partial charge on any atom is -0.378 e. The van der Waals surface area contributed by atoms with Crippen molar-refractivity contribution in [2.75, 3.05) is 5.32 Å². The molecule has 0 saturated carbocycles. The number of aryl methyl sites for hydroxylation is 1. The second kappa shape index (κ2) is 5.43. The topological polar surface area (TPSA) is 50.7 Å². The number of hydrogen-bond acceptors (Lipinski definition) is 4. The minimum absolute atomic E-state index is 0.570. The van der Waals surface area contributed by atoms with Crippen LogP contribution < -0.4 is 5.32 Å². The molecule has 0 aliphatic carbocycles. The number of nitrogens with one attached hydrogen (secondary N) is 1. The van der Waals surface area contributed by atoms with E-state index in [1.54, 1.807) is 24.8 Å². The molecule has 20 heavy (non-hydrogen) atoms. The highest BCUT2D eigenvalue weighted by Gasteiger charge is 2.09. The Morgan fingerprint density at radius 3 is 2.90 bits per heavy atom. The summed E-state index contributed by atoms with van der Waals surface area (Å²) in [5.74, 6) is 0. The zero-order valence-electron chi connectivity index (χ0n) is 11.0. The highest BCUT2D eigenvalue weighted by atomic mass is 35.5. The van der Waals surface area contributed by atoms with Crippen LogP contribution in [0.3, 0.4) is 0 Å². The van der Waals surface area contributed by atoms with E-state index >= 15 is 0 Å². The smallest absolute Gasteiger partial charge is 0.0777 e. The van der Waals surface area contributed by atoms with Crippen LogP contribution in [-0.4, -0.2) is 15.0 Å². The molecular weight excluding hydrogens is 272 g/mol. The second-order valence-corrected chi connectivity index (χ2v) is 4.91. The van der Waals surface area contributed by atoms with Gasteiger partial charge in [0.15, 0.2) is 0 Å². The lowest BCUT2D eigenvalue weighted by molar-refractivity contribution is 1.01. The molecule has 3 aromatic rings. The molecular formula is C15H13ClN4. The van der Waals surface area contributed by atoms with Gasteiger partial charge in [-0.3, -0.25) is 15.0 Å². The fourth-order valence-corrected chi connectivity index (χ4v) is 2.49. The van der Waals surface area contributed by atoms with Crippen LogP contribution in [0.15, 0.2) is 43.0 Å². The predicted molar refractivity (Wildman–Crippen MR) is 80.8 cm³/mol. The molecule has 0 fully saturated rings. The van der Waals surface area contributed by atoms with Crippen molar-refractivity contribution >= 4 is 28.2 Å². The van der Waals surface area contributed by atoms with Crippen LogP contribution in [0.5, 0.6) is 0 Å². The Labute approximate surface area is 121 Å². The van der Waals surface area contributed by atoms with Gasteiger partial charge in [0.25, 0.3) is 0 Å². The fraction of sp³-hybridized carbons (Fsp3) is 0.133. The highest BCUT2D eigenvalue weighted by molar-refractivity contribution is 6.35. The van der Waals surface area contributed by atoms with Crippen molar-refractivity contribution in [3.63, 3.8) is 0 Å². The molecule has 0 spiro atoms. The van der Waals surface area contributed by atoms with Crippen LogP contribution in [0, 0.1) is 6.92 Å². The van der Waals surface area contributed by atoms with Crippen molar-refractivity contribution in [2.24, 2.45) is 0 Å². The lowest BCUT2D eigenvalue weighted by Gasteiger charge is -2.12. The molecule has 0 atom stereocenters. The first-order valence-corrected chi connectivity index (χ1v) is 6.66. The number of benzene rings is 1. The summed E-state index contributed by atoms with van der Waals surface area (Å²) in [7, 11) is 0. The zero-order valence-corrected chi connectivity index (χ0v) is 11.7. The maximum absolute atomic E-state index is 6.35. The SMILES string of the molecule is Cc1cc(Cl)c(NCc2cnccn2)c2cccnc12. The summed E-state index contributed by atoms with van der Waals surface area (Å²) in [5.41, 5.74) is 3.77. The van der Waals surface area contributed by atoms with E-state index in [1.807, 2.05) is 25.1 Å². The van der Waals surface area contributed by atoms with Crippen molar-refractivity contribution in [1.82, 2.24) is 15.0 Å². The van der Waals surface area contributed by atoms with Gasteiger partial charge >= 0.3 is 0 Å². The van der Waals surface area contributed by atoms with E-state index in [9.17, 15) is 0 Å². The molecule has 0 radical (unpaired) electrons. The number of anilines is 1. The van der Waals surface area contributed by atoms with Gasteiger partial charge in [0.05, 0.1) is 34.7 Å². The molecule has 0 saturated heterocycles. The molecule has 0 amide bonds. The molecule has 3 rings (SSSR count). The molecule has 0 aliphatic rings. The average Bonchev–Trinajstić information content (AvgIpc) is 2.48. The lowest BCUT2D eigenvalue weighted by atomic mass is 10.1. The van der Waals surface area contributed by atoms with Crippen LogP contribution in [-0.2, 0) is 6.54 Å². The summed E-state index contributed by atoms with van der Waals surface area (Å²) in [4.78, 5) is 12.7. The van der Waals surface area contributed by atoms with E-state index in [1.165, 1.54) is 0 Å². The molecule has 100 valence electrons. The summed E-state index contributed by atoms with van der Waals surface area (Å²) in [6, 6.07) is 5.85. The number of fused-ring (bicyclic) bond motifs is 1. The summed E-state index contributed by atoms with van der Waals surface area (Å²) in [6.45, 7) is 2.58. The third-order valence-corrected chi connectivity index (χ3v) is 3.39. The van der Waals surface area contributed by atoms with Crippen LogP contribution in [0.2, 0.25) is 5.02 Å². The highest BCUT2D eigenvalue weighted by Crippen LogP contribution is 2.32. The quantitative estimate of drug-likeness (QED) is 0.798. The van der Waals surface area contributed by atoms with Crippen LogP contribution in [0.25, 0.3) is 10.9 Å². The Balaban J connectivity index is 1.99. The summed E-state index contributed by atoms with van der Waals surface area (Å²) in [5, 5.41) is 5.03. The Morgan fingerprint density at radius 2 is 2.10 bits per heavy atom. The van der Waals surface area contributed by atoms with Crippen molar-refractivity contribution in [2.45, 2.75) is 13.5 Å². The standard InChI is InChI=1S/C15H13ClN4/c1-10-7-13(16)15(12-3-2-4-19-14(10)12)20-9-11-8-17-5-6-18-11/h2-8,20H,9H2,1H3. The van der Waals surface area contributed by atoms with Gasteiger partial charge in [0, 0.05) is 24.0 Å². The fourth-order valence-electron chi connectivity index (χ4n) is 2.16. The first-order valence-electron chi connectivity index (χ1n) is 6.28. The van der Waals surface area contributed by atoms with Gasteiger partial charge < -0.3 is 5.32 Å². The van der Waals surface area contributed by atoms with Crippen LogP contribution in [0.1, 0.15) is 11.3 Å². The largest absolute Gasteiger partial charge is 0.378 e. The third-order valence-electron chi connectivity index (χ3n) is 3.10. The van der Waals surface area contributed by atoms with Crippen molar-refractivity contribution in [3.05, 3.63) is 59.3 Å². The van der Waals surface area contributed by atoms with E-state index in [0.717, 1.165) is 27.8 Å². The Bertz CT molecular complexity index is 743. The molecule has 0 unspecified atom stereocenters. The lowest BCUT2D eigenvalue weighted by Crippen LogP contribution is -2.03. The van der Waals surface area contributed by atoms with E-state index < -0.39 is 0 Å². The predicted octanol–water partition coefficient (Wildman–Crippen LogP) is 3.60. The molecule has 1 N–H and O–H groups in total. The van der Waals surface area contributed by atoms with E-state index in [0.29, 0.717) is 11.6 Å². The number of halogens is 1. The van der Waals surface area contributed by atoms with Crippen LogP contribution in [0.4, 0.5) is 5.69 Å². The van der Waals surface area contributed by atoms with E-state index in [-0.39, 0.29) is 0 Å². The van der Waals surface area contributed by atoms with Crippen molar-refractivity contribution < 1.29 is 0 Å². The van der Waals surface area contributed by atoms with Crippen molar-refractivity contribution in [3.8, 4) is 0 Å². The van der Waals surface area contributed by atoms with Crippen LogP contribution >= 0.6 is 11.6 Å². The van der Waals surface area contributed by atoms with Gasteiger partial charge in [-0.05, 0) is 30.7 Å². The normalized spacial score (nSPS) is 10.7. The first kappa shape index (κ1) is 12.8. The molecule has 2 heterocycles. The van der Waals surface area contributed by atoms with E-state index in [2.05, 4.69) is 20.3 Å². The number of pyridine rings is 1. The number of rotatable bonds is 3. The Hall–Kier alpha value is -2.20. The van der Waals surface area contributed by atoms with Gasteiger partial charge in [-0.25, -0.2) is 0 Å². The maximum atomic E-state index is 6.35. The molecule has 5 heteroatoms. The summed E-state index contributed by atoms with van der Waals surface area (Å²) >= 11 is 6.35. The minimum atomic E-state index is 0.570. The first-order chi connectivity index (χ1) is 9.75. The van der Waals surface area contributed by atoms with Crippen molar-refractivity contribution in [1.29, 1.82) is 0 Å². The number of aromatic nitrogens is 3. The summed E-state index contributed by atoms with van der Waals surface area (Å²) in [6.07, 6.45) is 6.85. The Kier molecular flexibility index (Phi) is 3.48. The molecule has 4 nitrogen and oxygen atoms in total. The number of nitrogens with zero attached hydrogens (tertiary/aromatic N) is 3. The second-order valence-electron chi connectivity index (χ2n) is 4.50. The Morgan fingerprint density at radius 1 is 1.20 bits per heavy atom. The van der Waals surface area contributed by atoms with Gasteiger partial charge in [-0.15, -0.1) is 0 Å². The molecule has 0 bridgehead atoms. The van der Waals surface area contributed by atoms with Gasteiger partial charge in [-0.1, -0.05) is 11.6 Å². The third kappa shape index (κ3) is 2.42. The number of hydrogen-bond donors (Lipinski definition) is 1.